The Balaban J connectivity index is 3.06. The molecule has 0 unspecified atom stereocenters. The van der Waals surface area contributed by atoms with Crippen molar-refractivity contribution in [2.75, 3.05) is 13.2 Å². The molecule has 112 valence electrons. The molecular formula is C11H17N3O4S2. The zero-order valence-electron chi connectivity index (χ0n) is 11.2. The fraction of sp³-hybridized carbons (Fsp3) is 0.364. The van der Waals surface area contributed by atoms with E-state index in [1.807, 2.05) is 6.92 Å². The summed E-state index contributed by atoms with van der Waals surface area (Å²) in [7, 11) is -3.79. The zero-order chi connectivity index (χ0) is 15.2. The first-order valence-corrected chi connectivity index (χ1v) is 7.76. The minimum atomic E-state index is -3.79. The topological polar surface area (TPSA) is 103 Å². The summed E-state index contributed by atoms with van der Waals surface area (Å²) in [5, 5.41) is -0.176. The van der Waals surface area contributed by atoms with Crippen molar-refractivity contribution in [2.24, 2.45) is 5.73 Å². The molecule has 1 aromatic carbocycles. The van der Waals surface area contributed by atoms with E-state index in [1.165, 1.54) is 18.2 Å². The number of hydrogen-bond acceptors (Lipinski definition) is 5. The molecule has 1 rings (SSSR count). The smallest absolute Gasteiger partial charge is 0.257 e. The number of thiocarbonyl (C=S) groups is 1. The van der Waals surface area contributed by atoms with Gasteiger partial charge in [-0.25, -0.2) is 8.42 Å². The van der Waals surface area contributed by atoms with Gasteiger partial charge in [-0.2, -0.15) is 0 Å². The Kier molecular flexibility index (Phi) is 5.99. The van der Waals surface area contributed by atoms with Crippen LogP contribution >= 0.6 is 12.2 Å². The molecule has 0 fully saturated rings. The fourth-order valence-electron chi connectivity index (χ4n) is 1.37. The van der Waals surface area contributed by atoms with Crippen molar-refractivity contribution in [2.45, 2.75) is 18.7 Å². The van der Waals surface area contributed by atoms with Crippen LogP contribution in [0.5, 0.6) is 11.5 Å². The standard InChI is InChI=1S/C11H17N3O4S2/c1-3-17-9-6-5-8(7-10(9)18-4-2)20(15,16)14-13-11(12)19/h5-7,14H,3-4H2,1-2H3,(H3,12,13,19). The lowest BCUT2D eigenvalue weighted by Crippen LogP contribution is -2.44. The molecule has 1 aromatic rings. The lowest BCUT2D eigenvalue weighted by atomic mass is 10.3. The van der Waals surface area contributed by atoms with Crippen LogP contribution in [-0.2, 0) is 10.0 Å². The van der Waals surface area contributed by atoms with Crippen molar-refractivity contribution in [3.63, 3.8) is 0 Å². The second-order valence-corrected chi connectivity index (χ2v) is 5.69. The molecule has 0 atom stereocenters. The van der Waals surface area contributed by atoms with Gasteiger partial charge < -0.3 is 15.2 Å². The molecule has 0 radical (unpaired) electrons. The normalized spacial score (nSPS) is 10.9. The minimum absolute atomic E-state index is 0.00755. The fourth-order valence-corrected chi connectivity index (χ4v) is 2.36. The summed E-state index contributed by atoms with van der Waals surface area (Å²) in [5.74, 6) is 0.836. The number of sulfonamides is 1. The third-order valence-corrected chi connectivity index (χ3v) is 3.48. The van der Waals surface area contributed by atoms with Gasteiger partial charge in [-0.05, 0) is 38.2 Å². The molecule has 0 aliphatic heterocycles. The lowest BCUT2D eigenvalue weighted by Gasteiger charge is -2.13. The molecule has 7 nitrogen and oxygen atoms in total. The van der Waals surface area contributed by atoms with E-state index in [0.29, 0.717) is 24.7 Å². The minimum Gasteiger partial charge on any atom is -0.490 e. The third-order valence-electron chi connectivity index (χ3n) is 2.13. The molecule has 0 aromatic heterocycles. The van der Waals surface area contributed by atoms with E-state index < -0.39 is 10.0 Å². The quantitative estimate of drug-likeness (QED) is 0.497. The predicted molar refractivity (Wildman–Crippen MR) is 79.0 cm³/mol. The number of hydrogen-bond donors (Lipinski definition) is 3. The summed E-state index contributed by atoms with van der Waals surface area (Å²) in [6.45, 7) is 4.47. The van der Waals surface area contributed by atoms with E-state index in [4.69, 9.17) is 15.2 Å². The number of benzene rings is 1. The largest absolute Gasteiger partial charge is 0.490 e. The number of hydrazine groups is 1. The summed E-state index contributed by atoms with van der Waals surface area (Å²) in [6.07, 6.45) is 0. The molecule has 0 saturated heterocycles. The highest BCUT2D eigenvalue weighted by Crippen LogP contribution is 2.30. The highest BCUT2D eigenvalue weighted by molar-refractivity contribution is 7.89. The number of rotatable bonds is 7. The maximum Gasteiger partial charge on any atom is 0.257 e. The summed E-state index contributed by atoms with van der Waals surface area (Å²) < 4.78 is 34.7. The van der Waals surface area contributed by atoms with Crippen LogP contribution < -0.4 is 25.5 Å². The first-order valence-electron chi connectivity index (χ1n) is 5.87. The summed E-state index contributed by atoms with van der Waals surface area (Å²) in [5.41, 5.74) is 7.34. The number of nitrogens with two attached hydrogens (primary N) is 1. The first kappa shape index (κ1) is 16.5. The Hall–Kier alpha value is -1.58. The van der Waals surface area contributed by atoms with Crippen molar-refractivity contribution in [3.05, 3.63) is 18.2 Å². The molecule has 0 bridgehead atoms. The van der Waals surface area contributed by atoms with Gasteiger partial charge in [-0.3, -0.25) is 5.43 Å². The van der Waals surface area contributed by atoms with Crippen LogP contribution in [0.4, 0.5) is 0 Å². The van der Waals surface area contributed by atoms with E-state index in [0.717, 1.165) is 0 Å². The van der Waals surface area contributed by atoms with Gasteiger partial charge in [0.25, 0.3) is 10.0 Å². The molecular weight excluding hydrogens is 302 g/mol. The van der Waals surface area contributed by atoms with E-state index in [2.05, 4.69) is 22.5 Å². The third kappa shape index (κ3) is 4.51. The molecule has 9 heteroatoms. The Labute approximate surface area is 123 Å². The summed E-state index contributed by atoms with van der Waals surface area (Å²) >= 11 is 4.53. The Morgan fingerprint density at radius 3 is 2.40 bits per heavy atom. The Morgan fingerprint density at radius 1 is 1.25 bits per heavy atom. The zero-order valence-corrected chi connectivity index (χ0v) is 12.8. The van der Waals surface area contributed by atoms with Crippen LogP contribution in [0.3, 0.4) is 0 Å². The van der Waals surface area contributed by atoms with E-state index >= 15 is 0 Å². The molecule has 0 heterocycles. The van der Waals surface area contributed by atoms with Crippen molar-refractivity contribution in [1.29, 1.82) is 0 Å². The number of ether oxygens (including phenoxy) is 2. The van der Waals surface area contributed by atoms with Crippen LogP contribution in [0.25, 0.3) is 0 Å². The van der Waals surface area contributed by atoms with Crippen LogP contribution in [0.2, 0.25) is 0 Å². The van der Waals surface area contributed by atoms with Gasteiger partial charge in [0.05, 0.1) is 18.1 Å². The molecule has 20 heavy (non-hydrogen) atoms. The summed E-state index contributed by atoms with van der Waals surface area (Å²) in [6, 6.07) is 4.30. The predicted octanol–water partition coefficient (Wildman–Crippen LogP) is 0.511. The maximum atomic E-state index is 12.0. The SMILES string of the molecule is CCOc1ccc(S(=O)(=O)NNC(N)=S)cc1OCC. The maximum absolute atomic E-state index is 12.0. The van der Waals surface area contributed by atoms with Gasteiger partial charge in [0.2, 0.25) is 0 Å². The van der Waals surface area contributed by atoms with Crippen LogP contribution in [0.15, 0.2) is 23.1 Å². The van der Waals surface area contributed by atoms with Crippen LogP contribution in [-0.4, -0.2) is 26.7 Å². The van der Waals surface area contributed by atoms with Crippen molar-refractivity contribution in [1.82, 2.24) is 10.3 Å². The highest BCUT2D eigenvalue weighted by Gasteiger charge is 2.17. The molecule has 0 aliphatic carbocycles. The van der Waals surface area contributed by atoms with Crippen LogP contribution in [0.1, 0.15) is 13.8 Å². The van der Waals surface area contributed by atoms with Crippen molar-refractivity contribution >= 4 is 27.4 Å². The molecule has 0 saturated carbocycles. The molecule has 0 spiro atoms. The van der Waals surface area contributed by atoms with Gasteiger partial charge in [-0.15, -0.1) is 4.83 Å². The van der Waals surface area contributed by atoms with Crippen molar-refractivity contribution in [3.8, 4) is 11.5 Å². The lowest BCUT2D eigenvalue weighted by molar-refractivity contribution is 0.287. The van der Waals surface area contributed by atoms with Gasteiger partial charge in [0.15, 0.2) is 16.6 Å². The average molecular weight is 319 g/mol. The van der Waals surface area contributed by atoms with Crippen LogP contribution in [0, 0.1) is 0 Å². The molecule has 0 amide bonds. The van der Waals surface area contributed by atoms with Gasteiger partial charge in [0.1, 0.15) is 0 Å². The average Bonchev–Trinajstić information content (AvgIpc) is 2.39. The highest BCUT2D eigenvalue weighted by atomic mass is 32.2. The summed E-state index contributed by atoms with van der Waals surface area (Å²) in [4.78, 5) is 2.06. The molecule has 4 N–H and O–H groups in total. The first-order chi connectivity index (χ1) is 9.40. The second-order valence-electron chi connectivity index (χ2n) is 3.57. The Morgan fingerprint density at radius 2 is 1.85 bits per heavy atom. The van der Waals surface area contributed by atoms with E-state index in [-0.39, 0.29) is 10.0 Å². The van der Waals surface area contributed by atoms with Gasteiger partial charge >= 0.3 is 0 Å². The van der Waals surface area contributed by atoms with E-state index in [9.17, 15) is 8.42 Å². The number of nitrogens with one attached hydrogen (secondary N) is 2. The monoisotopic (exact) mass is 319 g/mol. The van der Waals surface area contributed by atoms with E-state index in [1.54, 1.807) is 6.92 Å². The van der Waals surface area contributed by atoms with Gasteiger partial charge in [-0.1, -0.05) is 0 Å². The molecule has 0 aliphatic rings. The van der Waals surface area contributed by atoms with Gasteiger partial charge in [0, 0.05) is 6.07 Å². The second kappa shape index (κ2) is 7.27. The Bertz CT molecular complexity index is 575. The van der Waals surface area contributed by atoms with Crippen molar-refractivity contribution < 1.29 is 17.9 Å².